The van der Waals surface area contributed by atoms with Crippen molar-refractivity contribution in [2.45, 2.75) is 19.1 Å². The third-order valence-corrected chi connectivity index (χ3v) is 2.44. The standard InChI is InChI=1S/C11H13ClO2/c1-11(8-14-11)7-13-6-9-3-2-4-10(12)5-9/h2-5H,6-8H2,1H3. The minimum Gasteiger partial charge on any atom is -0.374 e. The summed E-state index contributed by atoms with van der Waals surface area (Å²) in [7, 11) is 0. The largest absolute Gasteiger partial charge is 0.374 e. The van der Waals surface area contributed by atoms with Gasteiger partial charge in [-0.1, -0.05) is 23.7 Å². The minimum absolute atomic E-state index is 0.0292. The molecular formula is C11H13ClO2. The molecule has 0 amide bonds. The number of benzene rings is 1. The number of epoxide rings is 1. The number of hydrogen-bond acceptors (Lipinski definition) is 2. The van der Waals surface area contributed by atoms with Gasteiger partial charge in [0.25, 0.3) is 0 Å². The zero-order valence-electron chi connectivity index (χ0n) is 8.13. The molecule has 0 spiro atoms. The van der Waals surface area contributed by atoms with Gasteiger partial charge in [0.05, 0.1) is 19.8 Å². The van der Waals surface area contributed by atoms with Crippen LogP contribution in [0.2, 0.25) is 5.02 Å². The molecule has 1 saturated heterocycles. The fourth-order valence-electron chi connectivity index (χ4n) is 1.22. The maximum atomic E-state index is 5.85. The van der Waals surface area contributed by atoms with E-state index in [1.807, 2.05) is 31.2 Å². The van der Waals surface area contributed by atoms with Crippen molar-refractivity contribution in [1.29, 1.82) is 0 Å². The second-order valence-electron chi connectivity index (χ2n) is 3.86. The molecule has 1 aromatic rings. The molecule has 3 heteroatoms. The number of hydrogen-bond donors (Lipinski definition) is 0. The average Bonchev–Trinajstić information content (AvgIpc) is 2.84. The lowest BCUT2D eigenvalue weighted by Gasteiger charge is -2.06. The third kappa shape index (κ3) is 2.71. The molecule has 0 aromatic heterocycles. The predicted molar refractivity (Wildman–Crippen MR) is 55.5 cm³/mol. The maximum absolute atomic E-state index is 5.85. The normalized spacial score (nSPS) is 25.0. The van der Waals surface area contributed by atoms with Crippen molar-refractivity contribution in [3.05, 3.63) is 34.9 Å². The first-order valence-corrected chi connectivity index (χ1v) is 5.02. The van der Waals surface area contributed by atoms with Crippen LogP contribution in [-0.2, 0) is 16.1 Å². The molecule has 0 bridgehead atoms. The molecule has 2 nitrogen and oxygen atoms in total. The van der Waals surface area contributed by atoms with Crippen molar-refractivity contribution in [3.63, 3.8) is 0 Å². The van der Waals surface area contributed by atoms with Gasteiger partial charge in [-0.3, -0.25) is 0 Å². The highest BCUT2D eigenvalue weighted by molar-refractivity contribution is 6.30. The Morgan fingerprint density at radius 2 is 2.36 bits per heavy atom. The lowest BCUT2D eigenvalue weighted by atomic mass is 10.2. The van der Waals surface area contributed by atoms with Crippen LogP contribution in [0.4, 0.5) is 0 Å². The molecule has 1 unspecified atom stereocenters. The number of ether oxygens (including phenoxy) is 2. The highest BCUT2D eigenvalue weighted by Gasteiger charge is 2.39. The Morgan fingerprint density at radius 3 is 3.00 bits per heavy atom. The van der Waals surface area contributed by atoms with Gasteiger partial charge in [-0.25, -0.2) is 0 Å². The number of halogens is 1. The van der Waals surface area contributed by atoms with Crippen molar-refractivity contribution < 1.29 is 9.47 Å². The van der Waals surface area contributed by atoms with Crippen LogP contribution < -0.4 is 0 Å². The average molecular weight is 213 g/mol. The molecule has 0 N–H and O–H groups in total. The van der Waals surface area contributed by atoms with Crippen LogP contribution in [-0.4, -0.2) is 18.8 Å². The summed E-state index contributed by atoms with van der Waals surface area (Å²) in [4.78, 5) is 0. The van der Waals surface area contributed by atoms with Crippen LogP contribution in [0.15, 0.2) is 24.3 Å². The first-order valence-electron chi connectivity index (χ1n) is 4.64. The summed E-state index contributed by atoms with van der Waals surface area (Å²) in [6, 6.07) is 7.70. The smallest absolute Gasteiger partial charge is 0.112 e. The molecule has 1 atom stereocenters. The number of rotatable bonds is 4. The van der Waals surface area contributed by atoms with E-state index in [2.05, 4.69) is 0 Å². The molecule has 1 aromatic carbocycles. The summed E-state index contributed by atoms with van der Waals surface area (Å²) in [6.07, 6.45) is 0. The van der Waals surface area contributed by atoms with Gasteiger partial charge in [-0.05, 0) is 24.6 Å². The Hall–Kier alpha value is -0.570. The molecule has 0 saturated carbocycles. The van der Waals surface area contributed by atoms with E-state index in [9.17, 15) is 0 Å². The molecular weight excluding hydrogens is 200 g/mol. The molecule has 76 valence electrons. The van der Waals surface area contributed by atoms with Gasteiger partial charge in [0.2, 0.25) is 0 Å². The Kier molecular flexibility index (Phi) is 2.77. The highest BCUT2D eigenvalue weighted by atomic mass is 35.5. The van der Waals surface area contributed by atoms with E-state index in [1.54, 1.807) is 0 Å². The first-order chi connectivity index (χ1) is 6.68. The third-order valence-electron chi connectivity index (χ3n) is 2.20. The lowest BCUT2D eigenvalue weighted by Crippen LogP contribution is -2.14. The summed E-state index contributed by atoms with van der Waals surface area (Å²) in [6.45, 7) is 4.10. The van der Waals surface area contributed by atoms with Crippen LogP contribution in [0.25, 0.3) is 0 Å². The van der Waals surface area contributed by atoms with Gasteiger partial charge in [0, 0.05) is 5.02 Å². The molecule has 2 rings (SSSR count). The van der Waals surface area contributed by atoms with E-state index >= 15 is 0 Å². The maximum Gasteiger partial charge on any atom is 0.112 e. The van der Waals surface area contributed by atoms with Crippen molar-refractivity contribution in [2.75, 3.05) is 13.2 Å². The van der Waals surface area contributed by atoms with E-state index < -0.39 is 0 Å². The topological polar surface area (TPSA) is 21.8 Å². The molecule has 1 fully saturated rings. The second kappa shape index (κ2) is 3.89. The van der Waals surface area contributed by atoms with E-state index in [0.29, 0.717) is 13.2 Å². The Labute approximate surface area is 88.8 Å². The van der Waals surface area contributed by atoms with Gasteiger partial charge in [0.1, 0.15) is 5.60 Å². The molecule has 1 aliphatic rings. The van der Waals surface area contributed by atoms with Crippen LogP contribution in [0.1, 0.15) is 12.5 Å². The SMILES string of the molecule is CC1(COCc2cccc(Cl)c2)CO1. The second-order valence-corrected chi connectivity index (χ2v) is 4.30. The summed E-state index contributed by atoms with van der Waals surface area (Å²) >= 11 is 5.85. The molecule has 0 aliphatic carbocycles. The van der Waals surface area contributed by atoms with Crippen LogP contribution >= 0.6 is 11.6 Å². The predicted octanol–water partition coefficient (Wildman–Crippen LogP) is 2.65. The minimum atomic E-state index is -0.0292. The first kappa shape index (κ1) is 9.97. The van der Waals surface area contributed by atoms with Gasteiger partial charge in [-0.2, -0.15) is 0 Å². The van der Waals surface area contributed by atoms with Crippen LogP contribution in [0.3, 0.4) is 0 Å². The van der Waals surface area contributed by atoms with E-state index in [-0.39, 0.29) is 5.60 Å². The summed E-state index contributed by atoms with van der Waals surface area (Å²) in [5.74, 6) is 0. The fraction of sp³-hybridized carbons (Fsp3) is 0.455. The van der Waals surface area contributed by atoms with Gasteiger partial charge in [0.15, 0.2) is 0 Å². The van der Waals surface area contributed by atoms with E-state index in [0.717, 1.165) is 17.2 Å². The molecule has 1 aliphatic heterocycles. The molecule has 0 radical (unpaired) electrons. The summed E-state index contributed by atoms with van der Waals surface area (Å²) in [5, 5.41) is 0.750. The zero-order chi connectivity index (χ0) is 10.0. The Balaban J connectivity index is 1.80. The molecule has 1 heterocycles. The van der Waals surface area contributed by atoms with Crippen molar-refractivity contribution >= 4 is 11.6 Å². The lowest BCUT2D eigenvalue weighted by molar-refractivity contribution is 0.0742. The quantitative estimate of drug-likeness (QED) is 0.716. The van der Waals surface area contributed by atoms with E-state index in [4.69, 9.17) is 21.1 Å². The summed E-state index contributed by atoms with van der Waals surface area (Å²) in [5.41, 5.74) is 1.07. The van der Waals surface area contributed by atoms with Gasteiger partial charge in [-0.15, -0.1) is 0 Å². The van der Waals surface area contributed by atoms with Gasteiger partial charge >= 0.3 is 0 Å². The zero-order valence-corrected chi connectivity index (χ0v) is 8.88. The van der Waals surface area contributed by atoms with Crippen molar-refractivity contribution in [2.24, 2.45) is 0 Å². The van der Waals surface area contributed by atoms with Crippen LogP contribution in [0.5, 0.6) is 0 Å². The Bertz CT molecular complexity index is 321. The summed E-state index contributed by atoms with van der Waals surface area (Å²) < 4.78 is 10.7. The highest BCUT2D eigenvalue weighted by Crippen LogP contribution is 2.26. The van der Waals surface area contributed by atoms with E-state index in [1.165, 1.54) is 0 Å². The van der Waals surface area contributed by atoms with Gasteiger partial charge < -0.3 is 9.47 Å². The van der Waals surface area contributed by atoms with Crippen molar-refractivity contribution in [3.8, 4) is 0 Å². The molecule has 14 heavy (non-hydrogen) atoms. The van der Waals surface area contributed by atoms with Crippen LogP contribution in [0, 0.1) is 0 Å². The fourth-order valence-corrected chi connectivity index (χ4v) is 1.43. The monoisotopic (exact) mass is 212 g/mol. The Morgan fingerprint density at radius 1 is 1.57 bits per heavy atom. The van der Waals surface area contributed by atoms with Crippen molar-refractivity contribution in [1.82, 2.24) is 0 Å².